The van der Waals surface area contributed by atoms with Crippen molar-refractivity contribution in [1.29, 1.82) is 0 Å². The summed E-state index contributed by atoms with van der Waals surface area (Å²) in [7, 11) is 0. The van der Waals surface area contributed by atoms with Crippen LogP contribution >= 0.6 is 11.6 Å². The first kappa shape index (κ1) is 13.1. The molecule has 0 unspecified atom stereocenters. The second-order valence-corrected chi connectivity index (χ2v) is 4.12. The van der Waals surface area contributed by atoms with E-state index in [9.17, 15) is 9.18 Å². The number of carboxylic acids is 1. The van der Waals surface area contributed by atoms with Gasteiger partial charge in [0.2, 0.25) is 0 Å². The van der Waals surface area contributed by atoms with Crippen LogP contribution in [0.3, 0.4) is 0 Å². The molecule has 0 radical (unpaired) electrons. The quantitative estimate of drug-likeness (QED) is 0.805. The van der Waals surface area contributed by atoms with Crippen LogP contribution in [0.25, 0.3) is 0 Å². The Hall–Kier alpha value is -2.34. The van der Waals surface area contributed by atoms with Crippen LogP contribution in [0.4, 0.5) is 21.6 Å². The molecule has 0 atom stereocenters. The lowest BCUT2D eigenvalue weighted by Crippen LogP contribution is -2.05. The van der Waals surface area contributed by atoms with Gasteiger partial charge in [0, 0.05) is 0 Å². The summed E-state index contributed by atoms with van der Waals surface area (Å²) in [4.78, 5) is 14.9. The second kappa shape index (κ2) is 5.11. The van der Waals surface area contributed by atoms with Gasteiger partial charge >= 0.3 is 5.97 Å². The van der Waals surface area contributed by atoms with Crippen molar-refractivity contribution < 1.29 is 14.3 Å². The Bertz CT molecular complexity index is 649. The van der Waals surface area contributed by atoms with Crippen LogP contribution in [-0.2, 0) is 0 Å². The zero-order chi connectivity index (χ0) is 14.0. The van der Waals surface area contributed by atoms with E-state index < -0.39 is 11.8 Å². The van der Waals surface area contributed by atoms with Crippen molar-refractivity contribution >= 4 is 34.8 Å². The fourth-order valence-electron chi connectivity index (χ4n) is 1.48. The van der Waals surface area contributed by atoms with E-state index in [1.165, 1.54) is 24.4 Å². The largest absolute Gasteiger partial charge is 0.478 e. The predicted molar refractivity (Wildman–Crippen MR) is 70.3 cm³/mol. The molecule has 2 rings (SSSR count). The van der Waals surface area contributed by atoms with Crippen LogP contribution in [0, 0.1) is 5.82 Å². The number of nitrogens with zero attached hydrogens (tertiary/aromatic N) is 1. The molecular formula is C12H9ClFN3O2. The van der Waals surface area contributed by atoms with E-state index >= 15 is 0 Å². The summed E-state index contributed by atoms with van der Waals surface area (Å²) < 4.78 is 12.9. The second-order valence-electron chi connectivity index (χ2n) is 3.71. The number of hydrogen-bond acceptors (Lipinski definition) is 4. The van der Waals surface area contributed by atoms with Crippen LogP contribution < -0.4 is 11.1 Å². The molecule has 0 aliphatic heterocycles. The molecule has 5 nitrogen and oxygen atoms in total. The molecule has 98 valence electrons. The number of aromatic nitrogens is 1. The number of aromatic carboxylic acids is 1. The van der Waals surface area contributed by atoms with Gasteiger partial charge < -0.3 is 16.2 Å². The van der Waals surface area contributed by atoms with Gasteiger partial charge in [0.15, 0.2) is 0 Å². The standard InChI is InChI=1S/C12H9ClFN3O2/c13-8-3-6(14)1-2-9(8)17-10-5-16-11(15)4-7(10)12(18)19/h1-5,17H,(H2,15,16)(H,18,19). The van der Waals surface area contributed by atoms with Gasteiger partial charge in [-0.15, -0.1) is 0 Å². The van der Waals surface area contributed by atoms with Crippen LogP contribution in [0.15, 0.2) is 30.5 Å². The SMILES string of the molecule is Nc1cc(C(=O)O)c(Nc2ccc(F)cc2Cl)cn1. The lowest BCUT2D eigenvalue weighted by Gasteiger charge is -2.11. The van der Waals surface area contributed by atoms with E-state index in [-0.39, 0.29) is 22.1 Å². The van der Waals surface area contributed by atoms with Crippen LogP contribution in [0.5, 0.6) is 0 Å². The van der Waals surface area contributed by atoms with Gasteiger partial charge in [-0.1, -0.05) is 11.6 Å². The molecule has 1 heterocycles. The molecule has 1 aromatic carbocycles. The third kappa shape index (κ3) is 2.92. The molecule has 0 spiro atoms. The summed E-state index contributed by atoms with van der Waals surface area (Å²) in [5.74, 6) is -1.55. The van der Waals surface area contributed by atoms with Crippen molar-refractivity contribution in [2.24, 2.45) is 0 Å². The Labute approximate surface area is 112 Å². The van der Waals surface area contributed by atoms with Crippen molar-refractivity contribution in [3.63, 3.8) is 0 Å². The maximum Gasteiger partial charge on any atom is 0.338 e. The van der Waals surface area contributed by atoms with Gasteiger partial charge in [0.25, 0.3) is 0 Å². The minimum Gasteiger partial charge on any atom is -0.478 e. The molecule has 0 fully saturated rings. The summed E-state index contributed by atoms with van der Waals surface area (Å²) >= 11 is 5.85. The van der Waals surface area contributed by atoms with Gasteiger partial charge in [-0.2, -0.15) is 0 Å². The molecule has 0 aliphatic rings. The highest BCUT2D eigenvalue weighted by atomic mass is 35.5. The Kier molecular flexibility index (Phi) is 3.52. The lowest BCUT2D eigenvalue weighted by atomic mass is 10.2. The summed E-state index contributed by atoms with van der Waals surface area (Å²) in [6.07, 6.45) is 1.28. The van der Waals surface area contributed by atoms with Crippen LogP contribution in [-0.4, -0.2) is 16.1 Å². The number of nitrogen functional groups attached to an aromatic ring is 1. The van der Waals surface area contributed by atoms with E-state index in [1.54, 1.807) is 0 Å². The van der Waals surface area contributed by atoms with Gasteiger partial charge in [-0.3, -0.25) is 0 Å². The lowest BCUT2D eigenvalue weighted by molar-refractivity contribution is 0.0698. The fraction of sp³-hybridized carbons (Fsp3) is 0. The number of rotatable bonds is 3. The number of carbonyl (C=O) groups is 1. The highest BCUT2D eigenvalue weighted by molar-refractivity contribution is 6.33. The van der Waals surface area contributed by atoms with Crippen LogP contribution in [0.2, 0.25) is 5.02 Å². The molecule has 0 saturated heterocycles. The minimum absolute atomic E-state index is 0.0482. The molecule has 0 aliphatic carbocycles. The van der Waals surface area contributed by atoms with Gasteiger partial charge in [-0.05, 0) is 24.3 Å². The monoisotopic (exact) mass is 281 g/mol. The maximum atomic E-state index is 12.9. The van der Waals surface area contributed by atoms with Crippen LogP contribution in [0.1, 0.15) is 10.4 Å². The first-order chi connectivity index (χ1) is 8.97. The molecule has 7 heteroatoms. The van der Waals surface area contributed by atoms with Gasteiger partial charge in [0.1, 0.15) is 11.6 Å². The highest BCUT2D eigenvalue weighted by Gasteiger charge is 2.12. The van der Waals surface area contributed by atoms with E-state index in [1.807, 2.05) is 0 Å². The van der Waals surface area contributed by atoms with Crippen molar-refractivity contribution in [3.05, 3.63) is 46.9 Å². The van der Waals surface area contributed by atoms with Crippen molar-refractivity contribution in [1.82, 2.24) is 4.98 Å². The van der Waals surface area contributed by atoms with E-state index in [2.05, 4.69) is 10.3 Å². The molecule has 1 aromatic heterocycles. The number of anilines is 3. The molecule has 4 N–H and O–H groups in total. The Morgan fingerprint density at radius 3 is 2.74 bits per heavy atom. The van der Waals surface area contributed by atoms with Crippen molar-refractivity contribution in [2.45, 2.75) is 0 Å². The Morgan fingerprint density at radius 2 is 2.11 bits per heavy atom. The number of benzene rings is 1. The molecule has 2 aromatic rings. The van der Waals surface area contributed by atoms with E-state index in [0.29, 0.717) is 5.69 Å². The van der Waals surface area contributed by atoms with Crippen molar-refractivity contribution in [3.8, 4) is 0 Å². The van der Waals surface area contributed by atoms with Gasteiger partial charge in [-0.25, -0.2) is 14.2 Å². The number of nitrogens with two attached hydrogens (primary N) is 1. The summed E-state index contributed by atoms with van der Waals surface area (Å²) in [6, 6.07) is 4.95. The third-order valence-corrected chi connectivity index (χ3v) is 2.67. The van der Waals surface area contributed by atoms with Gasteiger partial charge in [0.05, 0.1) is 28.2 Å². The third-order valence-electron chi connectivity index (χ3n) is 2.36. The van der Waals surface area contributed by atoms with E-state index in [0.717, 1.165) is 6.07 Å². The highest BCUT2D eigenvalue weighted by Crippen LogP contribution is 2.28. The smallest absolute Gasteiger partial charge is 0.338 e. The molecule has 0 amide bonds. The topological polar surface area (TPSA) is 88.2 Å². The number of carboxylic acid groups (broad SMARTS) is 1. The summed E-state index contributed by atoms with van der Waals surface area (Å²) in [6.45, 7) is 0. The van der Waals surface area contributed by atoms with E-state index in [4.69, 9.17) is 22.4 Å². The average molecular weight is 282 g/mol. The minimum atomic E-state index is -1.16. The summed E-state index contributed by atoms with van der Waals surface area (Å²) in [5.41, 5.74) is 5.97. The zero-order valence-corrected chi connectivity index (χ0v) is 10.3. The normalized spacial score (nSPS) is 10.2. The molecular weight excluding hydrogens is 273 g/mol. The molecule has 19 heavy (non-hydrogen) atoms. The maximum absolute atomic E-state index is 12.9. The summed E-state index contributed by atoms with van der Waals surface area (Å²) in [5, 5.41) is 12.0. The number of halogens is 2. The Balaban J connectivity index is 2.40. The number of nitrogens with one attached hydrogen (secondary N) is 1. The Morgan fingerprint density at radius 1 is 1.37 bits per heavy atom. The predicted octanol–water partition coefficient (Wildman–Crippen LogP) is 2.90. The van der Waals surface area contributed by atoms with Crippen molar-refractivity contribution in [2.75, 3.05) is 11.1 Å². The average Bonchev–Trinajstić information content (AvgIpc) is 2.34. The number of hydrogen-bond donors (Lipinski definition) is 3. The first-order valence-electron chi connectivity index (χ1n) is 5.18. The number of pyridine rings is 1. The first-order valence-corrected chi connectivity index (χ1v) is 5.56. The zero-order valence-electron chi connectivity index (χ0n) is 9.52. The molecule has 0 bridgehead atoms. The fourth-order valence-corrected chi connectivity index (χ4v) is 1.70. The molecule has 0 saturated carbocycles.